The van der Waals surface area contributed by atoms with E-state index in [0.29, 0.717) is 12.8 Å². The molecule has 0 aromatic rings. The number of rotatable bonds is 6. The highest BCUT2D eigenvalue weighted by atomic mass is 32.2. The number of hydrogen-bond acceptors (Lipinski definition) is 3. The van der Waals surface area contributed by atoms with E-state index >= 15 is 0 Å². The molecule has 0 aliphatic carbocycles. The second kappa shape index (κ2) is 4.99. The van der Waals surface area contributed by atoms with Crippen LogP contribution in [0.3, 0.4) is 0 Å². The third-order valence-corrected chi connectivity index (χ3v) is 3.17. The van der Waals surface area contributed by atoms with Gasteiger partial charge in [0.1, 0.15) is 0 Å². The lowest BCUT2D eigenvalue weighted by Gasteiger charge is -2.25. The van der Waals surface area contributed by atoms with E-state index in [-0.39, 0.29) is 6.54 Å². The summed E-state index contributed by atoms with van der Waals surface area (Å²) in [5.74, 6) is -3.46. The molecule has 0 amide bonds. The normalized spacial score (nSPS) is 13.6. The van der Waals surface area contributed by atoms with Gasteiger partial charge < -0.3 is 5.11 Å². The van der Waals surface area contributed by atoms with Crippen LogP contribution in [0.1, 0.15) is 26.7 Å². The lowest BCUT2D eigenvalue weighted by Crippen LogP contribution is -2.43. The van der Waals surface area contributed by atoms with Crippen LogP contribution in [-0.2, 0) is 10.0 Å². The summed E-state index contributed by atoms with van der Waals surface area (Å²) in [6.45, 7) is 2.92. The monoisotopic (exact) mass is 231 g/mol. The number of alkyl halides is 2. The van der Waals surface area contributed by atoms with Crippen molar-refractivity contribution in [3.05, 3.63) is 0 Å². The van der Waals surface area contributed by atoms with Crippen molar-refractivity contribution in [2.75, 3.05) is 6.54 Å². The van der Waals surface area contributed by atoms with Crippen LogP contribution < -0.4 is 4.72 Å². The van der Waals surface area contributed by atoms with E-state index in [9.17, 15) is 22.3 Å². The fraction of sp³-hybridized carbons (Fsp3) is 1.00. The first-order chi connectivity index (χ1) is 6.27. The quantitative estimate of drug-likeness (QED) is 0.706. The number of sulfonamides is 1. The van der Waals surface area contributed by atoms with Gasteiger partial charge in [0, 0.05) is 6.54 Å². The highest BCUT2D eigenvalue weighted by Gasteiger charge is 2.29. The predicted molar refractivity (Wildman–Crippen MR) is 48.5 cm³/mol. The second-order valence-electron chi connectivity index (χ2n) is 3.06. The van der Waals surface area contributed by atoms with Crippen LogP contribution in [0.4, 0.5) is 8.78 Å². The van der Waals surface area contributed by atoms with Gasteiger partial charge >= 0.3 is 5.76 Å². The van der Waals surface area contributed by atoms with Gasteiger partial charge in [0.2, 0.25) is 0 Å². The lowest BCUT2D eigenvalue weighted by atomic mass is 9.98. The van der Waals surface area contributed by atoms with Crippen LogP contribution in [0.2, 0.25) is 0 Å². The topological polar surface area (TPSA) is 66.4 Å². The SMILES string of the molecule is CCC(O)(CC)CNS(=O)(=O)C(F)F. The van der Waals surface area contributed by atoms with Crippen LogP contribution >= 0.6 is 0 Å². The van der Waals surface area contributed by atoms with E-state index < -0.39 is 21.4 Å². The Hall–Kier alpha value is -0.270. The third-order valence-electron chi connectivity index (χ3n) is 2.15. The van der Waals surface area contributed by atoms with Gasteiger partial charge in [-0.15, -0.1) is 0 Å². The molecule has 0 atom stereocenters. The third kappa shape index (κ3) is 3.85. The number of hydrogen-bond donors (Lipinski definition) is 2. The first kappa shape index (κ1) is 13.7. The van der Waals surface area contributed by atoms with Gasteiger partial charge in [-0.1, -0.05) is 13.8 Å². The first-order valence-electron chi connectivity index (χ1n) is 4.26. The smallest absolute Gasteiger partial charge is 0.350 e. The maximum Gasteiger partial charge on any atom is 0.350 e. The van der Waals surface area contributed by atoms with Gasteiger partial charge in [-0.25, -0.2) is 13.1 Å². The Labute approximate surface area is 82.4 Å². The molecule has 14 heavy (non-hydrogen) atoms. The zero-order valence-corrected chi connectivity index (χ0v) is 8.94. The number of halogens is 2. The van der Waals surface area contributed by atoms with Gasteiger partial charge in [-0.2, -0.15) is 8.78 Å². The average Bonchev–Trinajstić information content (AvgIpc) is 2.14. The number of nitrogens with one attached hydrogen (secondary N) is 1. The molecule has 4 nitrogen and oxygen atoms in total. The van der Waals surface area contributed by atoms with E-state index in [0.717, 1.165) is 0 Å². The van der Waals surface area contributed by atoms with Crippen LogP contribution in [0.5, 0.6) is 0 Å². The molecule has 0 aliphatic rings. The molecule has 0 spiro atoms. The molecule has 86 valence electrons. The van der Waals surface area contributed by atoms with Crippen molar-refractivity contribution in [3.8, 4) is 0 Å². The molecule has 2 N–H and O–H groups in total. The molecule has 0 radical (unpaired) electrons. The van der Waals surface area contributed by atoms with Crippen LogP contribution in [-0.4, -0.2) is 31.4 Å². The van der Waals surface area contributed by atoms with E-state index in [1.807, 2.05) is 0 Å². The maximum absolute atomic E-state index is 11.9. The van der Waals surface area contributed by atoms with E-state index in [1.165, 1.54) is 0 Å². The zero-order chi connectivity index (χ0) is 11.4. The number of aliphatic hydroxyl groups is 1. The van der Waals surface area contributed by atoms with Crippen molar-refractivity contribution in [3.63, 3.8) is 0 Å². The van der Waals surface area contributed by atoms with Crippen molar-refractivity contribution in [1.82, 2.24) is 4.72 Å². The molecular weight excluding hydrogens is 216 g/mol. The largest absolute Gasteiger partial charge is 0.389 e. The molecule has 0 saturated carbocycles. The zero-order valence-electron chi connectivity index (χ0n) is 8.13. The van der Waals surface area contributed by atoms with Crippen molar-refractivity contribution < 1.29 is 22.3 Å². The van der Waals surface area contributed by atoms with Gasteiger partial charge in [0.15, 0.2) is 0 Å². The Morgan fingerprint density at radius 3 is 2.07 bits per heavy atom. The molecular formula is C7H15F2NO3S. The van der Waals surface area contributed by atoms with Crippen molar-refractivity contribution in [1.29, 1.82) is 0 Å². The Bertz CT molecular complexity index is 262. The van der Waals surface area contributed by atoms with E-state index in [1.54, 1.807) is 18.6 Å². The minimum Gasteiger partial charge on any atom is -0.389 e. The Balaban J connectivity index is 4.31. The molecule has 0 unspecified atom stereocenters. The molecule has 0 aromatic carbocycles. The van der Waals surface area contributed by atoms with Crippen molar-refractivity contribution in [2.45, 2.75) is 38.0 Å². The summed E-state index contributed by atoms with van der Waals surface area (Å²) >= 11 is 0. The first-order valence-corrected chi connectivity index (χ1v) is 5.81. The molecule has 0 saturated heterocycles. The highest BCUT2D eigenvalue weighted by Crippen LogP contribution is 2.14. The van der Waals surface area contributed by atoms with Crippen molar-refractivity contribution in [2.24, 2.45) is 0 Å². The van der Waals surface area contributed by atoms with Gasteiger partial charge in [-0.3, -0.25) is 0 Å². The van der Waals surface area contributed by atoms with E-state index in [4.69, 9.17) is 0 Å². The molecule has 0 aliphatic heterocycles. The summed E-state index contributed by atoms with van der Waals surface area (Å²) in [5, 5.41) is 9.60. The summed E-state index contributed by atoms with van der Waals surface area (Å²) in [6.07, 6.45) is 0.602. The molecule has 0 heterocycles. The van der Waals surface area contributed by atoms with E-state index in [2.05, 4.69) is 0 Å². The summed E-state index contributed by atoms with van der Waals surface area (Å²) in [6, 6.07) is 0. The molecule has 0 aromatic heterocycles. The summed E-state index contributed by atoms with van der Waals surface area (Å²) in [4.78, 5) is 0. The minimum absolute atomic E-state index is 0.301. The lowest BCUT2D eigenvalue weighted by molar-refractivity contribution is 0.0373. The summed E-state index contributed by atoms with van der Waals surface area (Å²) < 4.78 is 46.7. The standard InChI is InChI=1S/C7H15F2NO3S/c1-3-7(11,4-2)5-10-14(12,13)6(8)9/h6,10-11H,3-5H2,1-2H3. The highest BCUT2D eigenvalue weighted by molar-refractivity contribution is 7.89. The Kier molecular flexibility index (Phi) is 4.90. The van der Waals surface area contributed by atoms with Gasteiger partial charge in [-0.05, 0) is 12.8 Å². The molecule has 0 rings (SSSR count). The molecule has 7 heteroatoms. The van der Waals surface area contributed by atoms with Crippen LogP contribution in [0.25, 0.3) is 0 Å². The fourth-order valence-corrected chi connectivity index (χ4v) is 1.39. The summed E-state index contributed by atoms with van der Waals surface area (Å²) in [7, 11) is -4.59. The van der Waals surface area contributed by atoms with Crippen molar-refractivity contribution >= 4 is 10.0 Å². The summed E-state index contributed by atoms with van der Waals surface area (Å²) in [5.41, 5.74) is -1.25. The molecule has 0 bridgehead atoms. The fourth-order valence-electron chi connectivity index (χ4n) is 0.798. The van der Waals surface area contributed by atoms with Gasteiger partial charge in [0.05, 0.1) is 5.60 Å². The Morgan fingerprint density at radius 2 is 1.79 bits per heavy atom. The van der Waals surface area contributed by atoms with Crippen LogP contribution in [0, 0.1) is 0 Å². The second-order valence-corrected chi connectivity index (χ2v) is 4.79. The maximum atomic E-state index is 11.9. The Morgan fingerprint density at radius 1 is 1.36 bits per heavy atom. The average molecular weight is 231 g/mol. The van der Waals surface area contributed by atoms with Gasteiger partial charge in [0.25, 0.3) is 10.0 Å². The van der Waals surface area contributed by atoms with Crippen LogP contribution in [0.15, 0.2) is 0 Å². The minimum atomic E-state index is -4.59. The predicted octanol–water partition coefficient (Wildman–Crippen LogP) is 0.680. The molecule has 0 fully saturated rings.